The third kappa shape index (κ3) is 38.9. The van der Waals surface area contributed by atoms with Crippen LogP contribution in [0.25, 0.3) is 0 Å². The molecule has 0 saturated carbocycles. The first-order chi connectivity index (χ1) is 65.0. The van der Waals surface area contributed by atoms with Gasteiger partial charge in [-0.05, 0) is 155 Å². The fourth-order valence-corrected chi connectivity index (χ4v) is 15.3. The van der Waals surface area contributed by atoms with Crippen molar-refractivity contribution in [3.05, 3.63) is 71.8 Å². The van der Waals surface area contributed by atoms with Gasteiger partial charge in [-0.3, -0.25) is 98.3 Å². The van der Waals surface area contributed by atoms with Crippen LogP contribution in [0.15, 0.2) is 60.7 Å². The van der Waals surface area contributed by atoms with Crippen molar-refractivity contribution < 1.29 is 107 Å². The van der Waals surface area contributed by atoms with Crippen LogP contribution < -0.4 is 125 Å². The van der Waals surface area contributed by atoms with Crippen molar-refractivity contribution in [2.75, 3.05) is 72.1 Å². The van der Waals surface area contributed by atoms with Crippen molar-refractivity contribution in [2.24, 2.45) is 34.4 Å². The molecule has 3 fully saturated rings. The molecule has 5 rings (SSSR count). The molecule has 3 aliphatic heterocycles. The fourth-order valence-electron chi connectivity index (χ4n) is 15.3. The van der Waals surface area contributed by atoms with Crippen molar-refractivity contribution in [1.82, 2.24) is 105 Å². The maximum absolute atomic E-state index is 14.9. The molecular formula is C85H138N30O22. The second-order valence-electron chi connectivity index (χ2n) is 33.7. The molecule has 52 nitrogen and oxygen atoms in total. The molecule has 18 atom stereocenters. The highest BCUT2D eigenvalue weighted by molar-refractivity contribution is 6.01. The third-order valence-corrected chi connectivity index (χ3v) is 22.7. The summed E-state index contributed by atoms with van der Waals surface area (Å²) in [4.78, 5) is 242. The van der Waals surface area contributed by atoms with Crippen LogP contribution in [0.4, 0.5) is 0 Å². The fraction of sp³-hybridized carbons (Fsp3) is 0.612. The average Bonchev–Trinajstić information content (AvgIpc) is 1.66. The van der Waals surface area contributed by atoms with Gasteiger partial charge >= 0.3 is 5.97 Å². The summed E-state index contributed by atoms with van der Waals surface area (Å²) in [6.07, 6.45) is -3.90. The lowest BCUT2D eigenvalue weighted by Crippen LogP contribution is -2.63. The Balaban J connectivity index is 1.28. The van der Waals surface area contributed by atoms with Gasteiger partial charge in [0.15, 0.2) is 23.8 Å². The van der Waals surface area contributed by atoms with Crippen LogP contribution in [0, 0.1) is 21.6 Å². The number of nitrogens with one attached hydrogen (secondary N) is 21. The summed E-state index contributed by atoms with van der Waals surface area (Å²) in [5.74, 6) is -17.9. The number of carboxylic acid groups (broad SMARTS) is 1. The predicted octanol–water partition coefficient (Wildman–Crippen LogP) is -11.2. The Morgan fingerprint density at radius 1 is 0.380 bits per heavy atom. The number of benzene rings is 2. The molecule has 0 spiro atoms. The molecule has 137 heavy (non-hydrogen) atoms. The molecule has 38 N–H and O–H groups in total. The summed E-state index contributed by atoms with van der Waals surface area (Å²) in [6, 6.07) is -5.35. The first kappa shape index (κ1) is 114. The van der Waals surface area contributed by atoms with E-state index in [0.29, 0.717) is 24.0 Å². The zero-order valence-corrected chi connectivity index (χ0v) is 77.4. The highest BCUT2D eigenvalue weighted by Gasteiger charge is 2.46. The molecule has 3 heterocycles. The quantitative estimate of drug-likeness (QED) is 0.0166. The van der Waals surface area contributed by atoms with Crippen molar-refractivity contribution in [3.63, 3.8) is 0 Å². The highest BCUT2D eigenvalue weighted by atomic mass is 16.4. The van der Waals surface area contributed by atoms with Gasteiger partial charge in [0.05, 0.1) is 38.0 Å². The summed E-state index contributed by atoms with van der Waals surface area (Å²) in [6.45, 7) is 2.29. The number of hydrogen-bond donors (Lipinski definition) is 32. The van der Waals surface area contributed by atoms with E-state index in [1.807, 2.05) is 0 Å². The normalized spacial score (nSPS) is 17.7. The minimum Gasteiger partial charge on any atom is -0.480 e. The molecule has 0 bridgehead atoms. The van der Waals surface area contributed by atoms with Gasteiger partial charge in [-0.2, -0.15) is 0 Å². The number of rotatable bonds is 58. The summed E-state index contributed by atoms with van der Waals surface area (Å²) >= 11 is 0. The Hall–Kier alpha value is -13.7. The van der Waals surface area contributed by atoms with Crippen LogP contribution in [0.2, 0.25) is 0 Å². The number of guanidine groups is 4. The Morgan fingerprint density at radius 3 is 1.20 bits per heavy atom. The Kier molecular flexibility index (Phi) is 48.6. The Bertz CT molecular complexity index is 4460. The zero-order chi connectivity index (χ0) is 102. The standard InChI is InChI=1S/C85H138N30O22/c1-45(102-75(130)64(87)46(2)117)67(122)111-66(48(4)119)77(132)112-65(47(3)118)76(131)107-52(24-11-12-32-86)69(124)106-53(26-14-34-97-83(90)91)70(125)105-51(25-13-33-96-82(88)89)68(123)100-42-62(120)103-54(27-15-35-98-84(92)93)78(133)115-39-19-31-61(115)80(135)114-38-17-29-59(114)73(128)101-43-63(121)104-56(40-49-20-7-5-8-21-49)71(126)110-58(44-116)79(134)113-37-18-30-60(113)74(129)109-57(41-50-22-9-6-10-23-50)72(127)108-55(81(136)137)28-16-36-99-85(94)95/h5-10,20-23,45-48,51-61,64-66,116-119H,11-19,24-44,86-87H2,1-4H3,(H,100,123)(H,101,128)(H,102,130)(H,103,120)(H,104,121)(H,105,125)(H,106,124)(H,107,131)(H,108,127)(H,109,129)(H,110,126)(H,111,122)(H,112,132)(H,136,137)(H4,88,89,96)(H4,90,91,97)(H4,92,93,98)(H4,94,95,99)/t45-,46+,47+,48+,51-,52-,53-,54-,55-,56-,57-,58-,59-,60-,61-,64-,65-,66-/m0/s1. The van der Waals surface area contributed by atoms with Crippen molar-refractivity contribution in [3.8, 4) is 0 Å². The molecule has 760 valence electrons. The number of nitrogens with two attached hydrogens (primary N) is 6. The molecule has 2 aromatic carbocycles. The minimum absolute atomic E-state index is 0.00939. The first-order valence-electron chi connectivity index (χ1n) is 45.5. The van der Waals surface area contributed by atoms with E-state index in [2.05, 4.69) is 90.4 Å². The first-order valence-corrected chi connectivity index (χ1v) is 45.5. The van der Waals surface area contributed by atoms with E-state index >= 15 is 0 Å². The molecule has 3 aliphatic rings. The van der Waals surface area contributed by atoms with E-state index in [4.69, 9.17) is 56.0 Å². The third-order valence-electron chi connectivity index (χ3n) is 22.7. The summed E-state index contributed by atoms with van der Waals surface area (Å²) in [5.41, 5.74) is 34.5. The van der Waals surface area contributed by atoms with Crippen molar-refractivity contribution in [1.29, 1.82) is 21.6 Å². The smallest absolute Gasteiger partial charge is 0.326 e. The lowest BCUT2D eigenvalue weighted by molar-refractivity contribution is -0.148. The van der Waals surface area contributed by atoms with Crippen LogP contribution >= 0.6 is 0 Å². The van der Waals surface area contributed by atoms with Gasteiger partial charge in [-0.1, -0.05) is 60.7 Å². The van der Waals surface area contributed by atoms with E-state index in [1.54, 1.807) is 60.7 Å². The lowest BCUT2D eigenvalue weighted by atomic mass is 10.0. The number of nitrogens with zero attached hydrogens (tertiary/aromatic N) is 3. The van der Waals surface area contributed by atoms with Crippen molar-refractivity contribution >= 4 is 124 Å². The number of likely N-dealkylation sites (tertiary alicyclic amines) is 3. The lowest BCUT2D eigenvalue weighted by Gasteiger charge is -2.33. The van der Waals surface area contributed by atoms with Crippen LogP contribution in [-0.2, 0) is 94.3 Å². The van der Waals surface area contributed by atoms with Crippen LogP contribution in [-0.4, -0.2) is 346 Å². The minimum atomic E-state index is -1.90. The molecule has 0 unspecified atom stereocenters. The number of hydrogen-bond acceptors (Lipinski definition) is 27. The van der Waals surface area contributed by atoms with E-state index in [9.17, 15) is 107 Å². The van der Waals surface area contributed by atoms with Crippen LogP contribution in [0.1, 0.15) is 148 Å². The molecular weight excluding hydrogens is 1790 g/mol. The molecule has 16 amide bonds. The summed E-state index contributed by atoms with van der Waals surface area (Å²) in [5, 5.41) is 125. The number of aliphatic hydroxyl groups is 4. The van der Waals surface area contributed by atoms with Crippen molar-refractivity contribution in [2.45, 2.75) is 259 Å². The molecule has 3 saturated heterocycles. The number of carboxylic acids is 1. The van der Waals surface area contributed by atoms with Gasteiger partial charge in [0.25, 0.3) is 0 Å². The number of aliphatic carboxylic acids is 1. The number of amides is 16. The van der Waals surface area contributed by atoms with Gasteiger partial charge < -0.3 is 165 Å². The van der Waals surface area contributed by atoms with Gasteiger partial charge in [0.1, 0.15) is 90.6 Å². The maximum atomic E-state index is 14.9. The zero-order valence-electron chi connectivity index (χ0n) is 77.4. The summed E-state index contributed by atoms with van der Waals surface area (Å²) < 4.78 is 0. The second-order valence-corrected chi connectivity index (χ2v) is 33.7. The molecule has 0 radical (unpaired) electrons. The largest absolute Gasteiger partial charge is 0.480 e. The average molecular weight is 1930 g/mol. The molecule has 2 aromatic rings. The number of aliphatic hydroxyl groups excluding tert-OH is 4. The second kappa shape index (κ2) is 58.5. The van der Waals surface area contributed by atoms with Gasteiger partial charge in [-0.15, -0.1) is 0 Å². The summed E-state index contributed by atoms with van der Waals surface area (Å²) in [7, 11) is 0. The Morgan fingerprint density at radius 2 is 0.745 bits per heavy atom. The highest BCUT2D eigenvalue weighted by Crippen LogP contribution is 2.27. The van der Waals surface area contributed by atoms with Crippen LogP contribution in [0.3, 0.4) is 0 Å². The van der Waals surface area contributed by atoms with Crippen LogP contribution in [0.5, 0.6) is 0 Å². The topological polar surface area (TPSA) is 857 Å². The molecule has 52 heteroatoms. The van der Waals surface area contributed by atoms with E-state index in [1.165, 1.54) is 23.6 Å². The van der Waals surface area contributed by atoms with E-state index < -0.39 is 247 Å². The number of unbranched alkanes of at least 4 members (excludes halogenated alkanes) is 1. The maximum Gasteiger partial charge on any atom is 0.326 e. The van der Waals surface area contributed by atoms with E-state index in [0.717, 1.165) is 18.7 Å². The monoisotopic (exact) mass is 1930 g/mol. The molecule has 0 aromatic heterocycles. The van der Waals surface area contributed by atoms with Gasteiger partial charge in [0.2, 0.25) is 94.5 Å². The van der Waals surface area contributed by atoms with E-state index in [-0.39, 0.29) is 167 Å². The van der Waals surface area contributed by atoms with Gasteiger partial charge in [-0.25, -0.2) is 4.79 Å². The molecule has 0 aliphatic carbocycles. The predicted molar refractivity (Wildman–Crippen MR) is 495 cm³/mol. The SMILES string of the molecule is C[C@H](NC(=O)[C@@H](N)[C@@H](C)O)C(=O)N[C@H](C(=O)N[C@H](C(=O)N[C@@H](CCCCN)C(=O)N[C@@H](CCCNC(=N)N)C(=O)N[C@@H](CCCNC(=N)N)C(=O)NCC(=O)N[C@@H](CCCNC(=N)N)C(=O)N1CCC[C@H]1C(=O)N1CCC[C@H]1C(=O)NCC(=O)N[C@@H](Cc1ccccc1)C(=O)N[C@@H](CO)C(=O)N1CCC[C@H]1C(=O)N[C@@H](Cc1ccccc1)C(=O)N[C@@H](CCCNC(=N)N)C(=O)O)[C@@H](C)O)[C@@H](C)O. The van der Waals surface area contributed by atoms with Gasteiger partial charge in [0, 0.05) is 58.7 Å². The number of carbonyl (C=O) groups is 17. The number of carbonyl (C=O) groups excluding carboxylic acids is 16. The Labute approximate surface area is 791 Å².